The number of aromatic nitrogens is 6. The van der Waals surface area contributed by atoms with Crippen molar-refractivity contribution >= 4 is 21.9 Å². The summed E-state index contributed by atoms with van der Waals surface area (Å²) < 4.78 is 56.7. The van der Waals surface area contributed by atoms with E-state index in [9.17, 15) is 18.0 Å². The van der Waals surface area contributed by atoms with Crippen molar-refractivity contribution in [2.24, 2.45) is 0 Å². The Bertz CT molecular complexity index is 2580. The molecule has 1 aliphatic heterocycles. The van der Waals surface area contributed by atoms with E-state index >= 15 is 0 Å². The van der Waals surface area contributed by atoms with Crippen LogP contribution in [0.15, 0.2) is 143 Å². The van der Waals surface area contributed by atoms with Gasteiger partial charge in [-0.25, -0.2) is 9.78 Å². The molecule has 1 aliphatic carbocycles. The number of ether oxygens (including phenoxy) is 1. The van der Waals surface area contributed by atoms with Gasteiger partial charge in [0.1, 0.15) is 5.82 Å². The van der Waals surface area contributed by atoms with Gasteiger partial charge in [0.15, 0.2) is 16.9 Å². The van der Waals surface area contributed by atoms with Gasteiger partial charge in [-0.05, 0) is 73.9 Å². The van der Waals surface area contributed by atoms with E-state index in [0.717, 1.165) is 16.7 Å². The maximum Gasteiger partial charge on any atom is 0.435 e. The first-order valence-electron chi connectivity index (χ1n) is 19.2. The molecule has 0 spiro atoms. The monoisotopic (exact) mass is 858 g/mol. The number of aryl methyl sites for hydroxylation is 1. The Morgan fingerprint density at radius 2 is 1.37 bits per heavy atom. The Morgan fingerprint density at radius 3 is 1.95 bits per heavy atom. The van der Waals surface area contributed by atoms with Gasteiger partial charge in [-0.15, -0.1) is 15.0 Å². The molecule has 0 unspecified atom stereocenters. The van der Waals surface area contributed by atoms with Crippen LogP contribution in [-0.2, 0) is 29.4 Å². The summed E-state index contributed by atoms with van der Waals surface area (Å²) in [5.74, 6) is -0.642. The summed E-state index contributed by atoms with van der Waals surface area (Å²) in [4.78, 5) is 19.1. The van der Waals surface area contributed by atoms with Crippen LogP contribution >= 0.6 is 15.9 Å². The molecule has 2 aliphatic rings. The molecular weight excluding hydrogens is 821 g/mol. The highest BCUT2D eigenvalue weighted by molar-refractivity contribution is 9.10. The lowest BCUT2D eigenvalue weighted by Crippen LogP contribution is -2.39. The molecular formula is C46H38BrF3N6O3. The quantitative estimate of drug-likeness (QED) is 0.0840. The van der Waals surface area contributed by atoms with Crippen LogP contribution < -0.4 is 0 Å². The molecule has 2 aromatic heterocycles. The van der Waals surface area contributed by atoms with Crippen molar-refractivity contribution in [3.05, 3.63) is 178 Å². The topological polar surface area (TPSA) is 101 Å². The van der Waals surface area contributed by atoms with E-state index in [2.05, 4.69) is 20.9 Å². The summed E-state index contributed by atoms with van der Waals surface area (Å²) in [5.41, 5.74) is 3.80. The molecule has 0 fully saturated rings. The third kappa shape index (κ3) is 7.13. The second-order valence-electron chi connectivity index (χ2n) is 13.9. The number of benzene rings is 4. The standard InChI is InChI=1S/C46H38BrF3N6O3/c1-3-5-25-38-51-42(46(48,49)50)41(44(57)59-4-2)55(38)28-36-33-26-27-58-29-37(33)40(47)39(36)34-23-15-16-24-35(34)43-52-54-56(53-43)45(30-17-9-6-10-18-30,31-19-11-7-12-20-31)32-21-13-8-14-22-32/h6-24,26-27,29H,3-5,25,28H2,1-2H3. The molecule has 8 rings (SSSR count). The third-order valence-corrected chi connectivity index (χ3v) is 11.3. The fourth-order valence-corrected chi connectivity index (χ4v) is 8.61. The second kappa shape index (κ2) is 16.5. The normalized spacial score (nSPS) is 12.0. The number of hydrogen-bond acceptors (Lipinski definition) is 7. The summed E-state index contributed by atoms with van der Waals surface area (Å²) in [6, 6.07) is 39.3. The number of carbonyl (C=O) groups is 1. The minimum atomic E-state index is -4.90. The number of alkyl halides is 3. The van der Waals surface area contributed by atoms with Gasteiger partial charge in [-0.2, -0.15) is 13.2 Å². The number of halogens is 4. The van der Waals surface area contributed by atoms with Crippen LogP contribution in [0.3, 0.4) is 0 Å². The van der Waals surface area contributed by atoms with Crippen molar-refractivity contribution < 1.29 is 27.1 Å². The molecule has 0 saturated heterocycles. The lowest BCUT2D eigenvalue weighted by atomic mass is 9.77. The van der Waals surface area contributed by atoms with Gasteiger partial charge < -0.3 is 13.7 Å². The number of esters is 1. The predicted molar refractivity (Wildman–Crippen MR) is 221 cm³/mol. The molecule has 59 heavy (non-hydrogen) atoms. The summed E-state index contributed by atoms with van der Waals surface area (Å²) in [7, 11) is 0. The zero-order valence-corrected chi connectivity index (χ0v) is 33.7. The third-order valence-electron chi connectivity index (χ3n) is 10.5. The van der Waals surface area contributed by atoms with Crippen LogP contribution in [0.25, 0.3) is 33.6 Å². The number of rotatable bonds is 13. The number of fused-ring (bicyclic) bond motifs is 1. The van der Waals surface area contributed by atoms with Gasteiger partial charge >= 0.3 is 12.1 Å². The Hall–Kier alpha value is -6.34. The summed E-state index contributed by atoms with van der Waals surface area (Å²) in [6.45, 7) is 3.26. The number of imidazole rings is 1. The molecule has 4 aromatic carbocycles. The van der Waals surface area contributed by atoms with Crippen LogP contribution in [-0.4, -0.2) is 42.3 Å². The van der Waals surface area contributed by atoms with E-state index in [0.29, 0.717) is 56.5 Å². The zero-order valence-electron chi connectivity index (χ0n) is 32.2. The van der Waals surface area contributed by atoms with E-state index < -0.39 is 29.1 Å². The highest BCUT2D eigenvalue weighted by Crippen LogP contribution is 2.49. The van der Waals surface area contributed by atoms with Crippen molar-refractivity contribution in [1.82, 2.24) is 29.8 Å². The van der Waals surface area contributed by atoms with Crippen LogP contribution in [0.1, 0.15) is 70.9 Å². The molecule has 9 nitrogen and oxygen atoms in total. The molecule has 0 atom stereocenters. The highest BCUT2D eigenvalue weighted by atomic mass is 79.9. The number of unbranched alkanes of at least 4 members (excludes halogenated alkanes) is 1. The molecule has 0 radical (unpaired) electrons. The summed E-state index contributed by atoms with van der Waals surface area (Å²) >= 11 is 3.84. The number of carbonyl (C=O) groups excluding carboxylic acids is 1. The van der Waals surface area contributed by atoms with Crippen LogP contribution in [0, 0.1) is 0 Å². The Balaban J connectivity index is 1.34. The SMILES string of the molecule is CCCCc1nc(C(F)(F)F)c(C(=O)OCC)n1Cc1c2ccocc-2c(Br)c1-c1ccccc1-c1nnn(C(c2ccccc2)(c2ccccc2)c2ccccc2)n1. The summed E-state index contributed by atoms with van der Waals surface area (Å²) in [6.07, 6.45) is -0.314. The smallest absolute Gasteiger partial charge is 0.435 e. The fraction of sp³-hybridized carbons (Fsp3) is 0.196. The molecule has 0 saturated carbocycles. The average Bonchev–Trinajstić information content (AvgIpc) is 3.97. The van der Waals surface area contributed by atoms with Gasteiger partial charge in [0.25, 0.3) is 0 Å². The van der Waals surface area contributed by atoms with Crippen LogP contribution in [0.2, 0.25) is 0 Å². The molecule has 298 valence electrons. The first-order chi connectivity index (χ1) is 28.7. The number of nitrogens with zero attached hydrogens (tertiary/aromatic N) is 6. The minimum Gasteiger partial charge on any atom is -0.472 e. The first kappa shape index (κ1) is 39.5. The zero-order chi connectivity index (χ0) is 41.1. The molecule has 0 N–H and O–H groups in total. The second-order valence-corrected chi connectivity index (χ2v) is 14.7. The predicted octanol–water partition coefficient (Wildman–Crippen LogP) is 11.1. The van der Waals surface area contributed by atoms with E-state index in [1.807, 2.05) is 122 Å². The lowest BCUT2D eigenvalue weighted by molar-refractivity contribution is -0.141. The van der Waals surface area contributed by atoms with E-state index in [1.165, 1.54) is 10.8 Å². The van der Waals surface area contributed by atoms with Crippen molar-refractivity contribution in [2.75, 3.05) is 6.61 Å². The number of tetrazole rings is 1. The molecule has 0 bridgehead atoms. The van der Waals surface area contributed by atoms with Crippen molar-refractivity contribution in [2.45, 2.75) is 51.4 Å². The van der Waals surface area contributed by atoms with Gasteiger partial charge in [0, 0.05) is 27.6 Å². The fourth-order valence-electron chi connectivity index (χ4n) is 7.85. The largest absolute Gasteiger partial charge is 0.472 e. The van der Waals surface area contributed by atoms with Crippen molar-refractivity contribution in [3.8, 4) is 33.6 Å². The van der Waals surface area contributed by atoms with Gasteiger partial charge in [0.2, 0.25) is 5.82 Å². The van der Waals surface area contributed by atoms with Gasteiger partial charge in [0.05, 0.1) is 25.7 Å². The number of hydrogen-bond donors (Lipinski definition) is 0. The lowest BCUT2D eigenvalue weighted by Gasteiger charge is -2.34. The summed E-state index contributed by atoms with van der Waals surface area (Å²) in [5, 5.41) is 14.6. The minimum absolute atomic E-state index is 0.107. The van der Waals surface area contributed by atoms with E-state index in [-0.39, 0.29) is 25.4 Å². The molecule has 13 heteroatoms. The van der Waals surface area contributed by atoms with Crippen molar-refractivity contribution in [1.29, 1.82) is 0 Å². The molecule has 3 heterocycles. The highest BCUT2D eigenvalue weighted by Gasteiger charge is 2.43. The Kier molecular flexibility index (Phi) is 11.0. The van der Waals surface area contributed by atoms with E-state index in [4.69, 9.17) is 24.6 Å². The maximum atomic E-state index is 14.6. The average molecular weight is 860 g/mol. The maximum absolute atomic E-state index is 14.6. The van der Waals surface area contributed by atoms with Crippen molar-refractivity contribution in [3.63, 3.8) is 0 Å². The molecule has 6 aromatic rings. The molecule has 0 amide bonds. The van der Waals surface area contributed by atoms with E-state index in [1.54, 1.807) is 24.0 Å². The van der Waals surface area contributed by atoms with Gasteiger partial charge in [-0.3, -0.25) is 0 Å². The first-order valence-corrected chi connectivity index (χ1v) is 20.0. The van der Waals surface area contributed by atoms with Crippen LogP contribution in [0.4, 0.5) is 13.2 Å². The van der Waals surface area contributed by atoms with Gasteiger partial charge in [-0.1, -0.05) is 129 Å². The Morgan fingerprint density at radius 1 is 0.780 bits per heavy atom. The Labute approximate surface area is 347 Å². The van der Waals surface area contributed by atoms with Crippen LogP contribution in [0.5, 0.6) is 0 Å².